The first kappa shape index (κ1) is 14.8. The summed E-state index contributed by atoms with van der Waals surface area (Å²) in [5.74, 6) is -0.523. The molecule has 1 aliphatic carbocycles. The average molecular weight is 313 g/mol. The Kier molecular flexibility index (Phi) is 3.69. The van der Waals surface area contributed by atoms with Gasteiger partial charge in [-0.05, 0) is 43.9 Å². The maximum atomic E-state index is 13.1. The molecular weight excluding hydrogens is 293 g/mol. The molecule has 1 saturated carbocycles. The van der Waals surface area contributed by atoms with Gasteiger partial charge in [-0.15, -0.1) is 0 Å². The molecule has 21 heavy (non-hydrogen) atoms. The molecule has 1 heterocycles. The normalized spacial score (nSPS) is 25.3. The van der Waals surface area contributed by atoms with Gasteiger partial charge in [0, 0.05) is 6.61 Å². The largest absolute Gasteiger partial charge is 0.398 e. The lowest BCUT2D eigenvalue weighted by atomic mass is 9.92. The number of halogens is 1. The van der Waals surface area contributed by atoms with Crippen LogP contribution in [0.5, 0.6) is 0 Å². The van der Waals surface area contributed by atoms with Crippen LogP contribution in [0.3, 0.4) is 0 Å². The van der Waals surface area contributed by atoms with Crippen LogP contribution in [0.2, 0.25) is 0 Å². The Labute approximate surface area is 124 Å². The molecule has 1 unspecified atom stereocenters. The van der Waals surface area contributed by atoms with Gasteiger partial charge in [0.1, 0.15) is 5.82 Å². The average Bonchev–Trinajstić information content (AvgIpc) is 2.86. The van der Waals surface area contributed by atoms with Crippen molar-refractivity contribution in [3.8, 4) is 0 Å². The zero-order valence-corrected chi connectivity index (χ0v) is 12.7. The third kappa shape index (κ3) is 2.66. The van der Waals surface area contributed by atoms with Gasteiger partial charge in [-0.2, -0.15) is 0 Å². The minimum atomic E-state index is -3.54. The van der Waals surface area contributed by atoms with Gasteiger partial charge in [0.2, 0.25) is 0 Å². The predicted molar refractivity (Wildman–Crippen MR) is 78.2 cm³/mol. The summed E-state index contributed by atoms with van der Waals surface area (Å²) < 4.78 is 44.6. The SMILES string of the molecule is Nc1cc(F)ccc1S(=O)(=O)C1CCOC2(CCCC2)C1. The molecule has 4 nitrogen and oxygen atoms in total. The van der Waals surface area contributed by atoms with E-state index < -0.39 is 20.9 Å². The minimum Gasteiger partial charge on any atom is -0.398 e. The van der Waals surface area contributed by atoms with Gasteiger partial charge in [-0.25, -0.2) is 12.8 Å². The molecule has 1 saturated heterocycles. The summed E-state index contributed by atoms with van der Waals surface area (Å²) in [4.78, 5) is 0.0453. The number of nitrogen functional groups attached to an aromatic ring is 1. The molecule has 1 aromatic rings. The first-order valence-corrected chi connectivity index (χ1v) is 8.91. The number of anilines is 1. The van der Waals surface area contributed by atoms with Crippen molar-refractivity contribution in [2.45, 2.75) is 54.3 Å². The van der Waals surface area contributed by atoms with Crippen LogP contribution in [0.15, 0.2) is 23.1 Å². The maximum absolute atomic E-state index is 13.1. The third-order valence-electron chi connectivity index (χ3n) is 4.68. The van der Waals surface area contributed by atoms with Crippen molar-refractivity contribution in [3.63, 3.8) is 0 Å². The summed E-state index contributed by atoms with van der Waals surface area (Å²) in [7, 11) is -3.54. The van der Waals surface area contributed by atoms with Crippen LogP contribution in [0.4, 0.5) is 10.1 Å². The van der Waals surface area contributed by atoms with Crippen molar-refractivity contribution in [3.05, 3.63) is 24.0 Å². The minimum absolute atomic E-state index is 0.0121. The fourth-order valence-corrected chi connectivity index (χ4v) is 5.51. The molecule has 2 aliphatic rings. The number of benzene rings is 1. The zero-order chi connectivity index (χ0) is 15.1. The Morgan fingerprint density at radius 1 is 1.29 bits per heavy atom. The second-order valence-electron chi connectivity index (χ2n) is 6.08. The van der Waals surface area contributed by atoms with E-state index in [2.05, 4.69) is 0 Å². The monoisotopic (exact) mass is 313 g/mol. The van der Waals surface area contributed by atoms with Crippen LogP contribution in [0.1, 0.15) is 38.5 Å². The Morgan fingerprint density at radius 2 is 2.00 bits per heavy atom. The molecule has 1 spiro atoms. The van der Waals surface area contributed by atoms with Crippen molar-refractivity contribution in [2.75, 3.05) is 12.3 Å². The van der Waals surface area contributed by atoms with Gasteiger partial charge in [-0.1, -0.05) is 12.8 Å². The Bertz CT molecular complexity index is 638. The number of hydrogen-bond donors (Lipinski definition) is 1. The summed E-state index contributed by atoms with van der Waals surface area (Å²) >= 11 is 0. The van der Waals surface area contributed by atoms with E-state index in [1.165, 1.54) is 6.07 Å². The Hall–Kier alpha value is -1.14. The Balaban J connectivity index is 1.90. The predicted octanol–water partition coefficient (Wildman–Crippen LogP) is 2.67. The van der Waals surface area contributed by atoms with E-state index in [4.69, 9.17) is 10.5 Å². The molecule has 2 fully saturated rings. The molecular formula is C15H20FNO3S. The molecule has 3 rings (SSSR count). The lowest BCUT2D eigenvalue weighted by Gasteiger charge is -2.38. The van der Waals surface area contributed by atoms with Crippen LogP contribution in [-0.4, -0.2) is 25.9 Å². The third-order valence-corrected chi connectivity index (χ3v) is 6.94. The van der Waals surface area contributed by atoms with Crippen molar-refractivity contribution in [1.82, 2.24) is 0 Å². The molecule has 1 aliphatic heterocycles. The summed E-state index contributed by atoms with van der Waals surface area (Å²) in [5.41, 5.74) is 5.42. The molecule has 0 amide bonds. The van der Waals surface area contributed by atoms with Crippen molar-refractivity contribution >= 4 is 15.5 Å². The highest BCUT2D eigenvalue weighted by atomic mass is 32.2. The maximum Gasteiger partial charge on any atom is 0.183 e. The van der Waals surface area contributed by atoms with E-state index in [9.17, 15) is 12.8 Å². The number of rotatable bonds is 2. The smallest absolute Gasteiger partial charge is 0.183 e. The van der Waals surface area contributed by atoms with Gasteiger partial charge < -0.3 is 10.5 Å². The van der Waals surface area contributed by atoms with Crippen LogP contribution < -0.4 is 5.73 Å². The first-order valence-electron chi connectivity index (χ1n) is 7.36. The summed E-state index contributed by atoms with van der Waals surface area (Å²) in [5, 5.41) is -0.489. The quantitative estimate of drug-likeness (QED) is 0.673. The molecule has 0 bridgehead atoms. The highest BCUT2D eigenvalue weighted by Gasteiger charge is 2.44. The molecule has 0 radical (unpaired) electrons. The molecule has 2 N–H and O–H groups in total. The van der Waals surface area contributed by atoms with E-state index in [1.807, 2.05) is 0 Å². The standard InChI is InChI=1S/C15H20FNO3S/c16-11-3-4-14(13(17)9-11)21(18,19)12-5-8-20-15(10-12)6-1-2-7-15/h3-4,9,12H,1-2,5-8,10,17H2. The van der Waals surface area contributed by atoms with Crippen LogP contribution in [0, 0.1) is 5.82 Å². The van der Waals surface area contributed by atoms with Gasteiger partial charge in [0.25, 0.3) is 0 Å². The molecule has 6 heteroatoms. The number of sulfone groups is 1. The van der Waals surface area contributed by atoms with Gasteiger partial charge in [-0.3, -0.25) is 0 Å². The van der Waals surface area contributed by atoms with Crippen molar-refractivity contribution in [1.29, 1.82) is 0 Å². The fourth-order valence-electron chi connectivity index (χ4n) is 3.57. The van der Waals surface area contributed by atoms with Crippen LogP contribution in [0.25, 0.3) is 0 Å². The van der Waals surface area contributed by atoms with E-state index >= 15 is 0 Å². The second kappa shape index (κ2) is 5.25. The zero-order valence-electron chi connectivity index (χ0n) is 11.8. The van der Waals surface area contributed by atoms with Crippen LogP contribution in [-0.2, 0) is 14.6 Å². The molecule has 0 aromatic heterocycles. The lowest BCUT2D eigenvalue weighted by molar-refractivity contribution is -0.0713. The summed E-state index contributed by atoms with van der Waals surface area (Å²) in [6.07, 6.45) is 5.03. The molecule has 1 atom stereocenters. The Morgan fingerprint density at radius 3 is 2.67 bits per heavy atom. The van der Waals surface area contributed by atoms with E-state index in [1.54, 1.807) is 0 Å². The summed E-state index contributed by atoms with van der Waals surface area (Å²) in [6.45, 7) is 0.463. The topological polar surface area (TPSA) is 69.4 Å². The fraction of sp³-hybridized carbons (Fsp3) is 0.600. The lowest BCUT2D eigenvalue weighted by Crippen LogP contribution is -2.42. The van der Waals surface area contributed by atoms with E-state index in [-0.39, 0.29) is 16.2 Å². The molecule has 1 aromatic carbocycles. The van der Waals surface area contributed by atoms with Gasteiger partial charge in [0.15, 0.2) is 9.84 Å². The van der Waals surface area contributed by atoms with Gasteiger partial charge in [0.05, 0.1) is 21.4 Å². The highest BCUT2D eigenvalue weighted by Crippen LogP contribution is 2.43. The van der Waals surface area contributed by atoms with Gasteiger partial charge >= 0.3 is 0 Å². The van der Waals surface area contributed by atoms with E-state index in [0.29, 0.717) is 19.4 Å². The first-order chi connectivity index (χ1) is 9.93. The number of ether oxygens (including phenoxy) is 1. The summed E-state index contributed by atoms with van der Waals surface area (Å²) in [6, 6.07) is 3.49. The number of nitrogens with two attached hydrogens (primary N) is 1. The molecule has 116 valence electrons. The van der Waals surface area contributed by atoms with Crippen LogP contribution >= 0.6 is 0 Å². The van der Waals surface area contributed by atoms with Crippen molar-refractivity contribution in [2.24, 2.45) is 0 Å². The van der Waals surface area contributed by atoms with Crippen molar-refractivity contribution < 1.29 is 17.5 Å². The number of hydrogen-bond acceptors (Lipinski definition) is 4. The second-order valence-corrected chi connectivity index (χ2v) is 8.28. The van der Waals surface area contributed by atoms with E-state index in [0.717, 1.165) is 37.8 Å². The highest BCUT2D eigenvalue weighted by molar-refractivity contribution is 7.92.